The number of anilines is 2. The quantitative estimate of drug-likeness (QED) is 0.653. The summed E-state index contributed by atoms with van der Waals surface area (Å²) in [5.41, 5.74) is 3.41. The van der Waals surface area contributed by atoms with E-state index in [-0.39, 0.29) is 11.8 Å². The molecular weight excluding hydrogens is 362 g/mol. The number of nitrogens with zero attached hydrogens (tertiary/aromatic N) is 1. The molecule has 3 rings (SSSR count). The minimum atomic E-state index is -0.190. The molecule has 0 saturated heterocycles. The average Bonchev–Trinajstić information content (AvgIpc) is 3.52. The first kappa shape index (κ1) is 20.6. The molecule has 2 aromatic rings. The Morgan fingerprint density at radius 3 is 2.28 bits per heavy atom. The Morgan fingerprint density at radius 2 is 1.72 bits per heavy atom. The zero-order chi connectivity index (χ0) is 20.8. The van der Waals surface area contributed by atoms with Crippen molar-refractivity contribution in [1.29, 1.82) is 0 Å². The summed E-state index contributed by atoms with van der Waals surface area (Å²) in [7, 11) is 0. The van der Waals surface area contributed by atoms with E-state index in [1.165, 1.54) is 6.08 Å². The molecule has 1 aliphatic carbocycles. The lowest BCUT2D eigenvalue weighted by atomic mass is 10.1. The van der Waals surface area contributed by atoms with Crippen LogP contribution in [0.25, 0.3) is 6.08 Å². The van der Waals surface area contributed by atoms with E-state index in [0.717, 1.165) is 36.3 Å². The molecule has 0 heterocycles. The van der Waals surface area contributed by atoms with Crippen LogP contribution in [0.5, 0.6) is 0 Å². The number of hydrogen-bond acceptors (Lipinski definition) is 3. The van der Waals surface area contributed by atoms with E-state index in [1.54, 1.807) is 18.2 Å². The van der Waals surface area contributed by atoms with Crippen LogP contribution in [0.4, 0.5) is 11.4 Å². The lowest BCUT2D eigenvalue weighted by molar-refractivity contribution is -0.111. The van der Waals surface area contributed by atoms with E-state index in [9.17, 15) is 9.59 Å². The van der Waals surface area contributed by atoms with Crippen molar-refractivity contribution in [3.63, 3.8) is 0 Å². The maximum absolute atomic E-state index is 12.2. The van der Waals surface area contributed by atoms with Gasteiger partial charge in [-0.1, -0.05) is 12.1 Å². The molecule has 29 heavy (non-hydrogen) atoms. The van der Waals surface area contributed by atoms with Crippen LogP contribution in [-0.4, -0.2) is 30.4 Å². The van der Waals surface area contributed by atoms with Crippen molar-refractivity contribution in [2.75, 3.05) is 16.8 Å². The van der Waals surface area contributed by atoms with Gasteiger partial charge < -0.3 is 15.5 Å². The average molecular weight is 392 g/mol. The van der Waals surface area contributed by atoms with Crippen molar-refractivity contribution in [2.24, 2.45) is 0 Å². The molecule has 0 radical (unpaired) electrons. The summed E-state index contributed by atoms with van der Waals surface area (Å²) in [4.78, 5) is 26.5. The van der Waals surface area contributed by atoms with E-state index < -0.39 is 0 Å². The standard InChI is InChI=1S/C24H29N3O2/c1-4-27(17(2)3)22-14-12-20(13-15-22)25-23(28)16-7-18-5-8-19(9-6-18)24(29)26-21-10-11-21/h5-9,12-17,21H,4,10-11H2,1-3H3,(H,25,28)(H,26,29)/b16-7+. The molecule has 2 N–H and O–H groups in total. The summed E-state index contributed by atoms with van der Waals surface area (Å²) >= 11 is 0. The fourth-order valence-electron chi connectivity index (χ4n) is 3.18. The SMILES string of the molecule is CCN(c1ccc(NC(=O)/C=C/c2ccc(C(=O)NC3CC3)cc2)cc1)C(C)C. The molecule has 1 fully saturated rings. The summed E-state index contributed by atoms with van der Waals surface area (Å²) in [6.45, 7) is 7.39. The largest absolute Gasteiger partial charge is 0.369 e. The van der Waals surface area contributed by atoms with E-state index in [4.69, 9.17) is 0 Å². The Balaban J connectivity index is 1.54. The second-order valence-corrected chi connectivity index (χ2v) is 7.62. The minimum Gasteiger partial charge on any atom is -0.369 e. The van der Waals surface area contributed by atoms with Crippen LogP contribution in [0.1, 0.15) is 49.5 Å². The molecule has 0 spiro atoms. The molecular formula is C24H29N3O2. The number of rotatable bonds is 8. The fourth-order valence-corrected chi connectivity index (χ4v) is 3.18. The molecule has 5 heteroatoms. The second kappa shape index (κ2) is 9.41. The van der Waals surface area contributed by atoms with Crippen molar-refractivity contribution in [2.45, 2.75) is 45.7 Å². The number of carbonyl (C=O) groups is 2. The first-order valence-electron chi connectivity index (χ1n) is 10.2. The Morgan fingerprint density at radius 1 is 1.07 bits per heavy atom. The first-order chi connectivity index (χ1) is 14.0. The summed E-state index contributed by atoms with van der Waals surface area (Å²) in [5, 5.41) is 5.84. The third kappa shape index (κ3) is 5.95. The topological polar surface area (TPSA) is 61.4 Å². The highest BCUT2D eigenvalue weighted by Crippen LogP contribution is 2.20. The van der Waals surface area contributed by atoms with Crippen molar-refractivity contribution in [3.8, 4) is 0 Å². The van der Waals surface area contributed by atoms with Crippen LogP contribution in [0.2, 0.25) is 0 Å². The third-order valence-electron chi connectivity index (χ3n) is 4.94. The number of carbonyl (C=O) groups excluding carboxylic acids is 2. The molecule has 152 valence electrons. The summed E-state index contributed by atoms with van der Waals surface area (Å²) < 4.78 is 0. The lowest BCUT2D eigenvalue weighted by Gasteiger charge is -2.27. The summed E-state index contributed by atoms with van der Waals surface area (Å²) in [6.07, 6.45) is 5.38. The molecule has 0 bridgehead atoms. The van der Waals surface area contributed by atoms with Gasteiger partial charge in [0.15, 0.2) is 0 Å². The zero-order valence-corrected chi connectivity index (χ0v) is 17.3. The maximum Gasteiger partial charge on any atom is 0.251 e. The van der Waals surface area contributed by atoms with Gasteiger partial charge in [0, 0.05) is 41.6 Å². The van der Waals surface area contributed by atoms with Crippen LogP contribution >= 0.6 is 0 Å². The van der Waals surface area contributed by atoms with E-state index >= 15 is 0 Å². The molecule has 0 aromatic heterocycles. The van der Waals surface area contributed by atoms with Gasteiger partial charge in [-0.2, -0.15) is 0 Å². The van der Waals surface area contributed by atoms with Crippen molar-refractivity contribution in [3.05, 3.63) is 65.7 Å². The molecule has 2 amide bonds. The smallest absolute Gasteiger partial charge is 0.251 e. The fraction of sp³-hybridized carbons (Fsp3) is 0.333. The van der Waals surface area contributed by atoms with Crippen LogP contribution in [0, 0.1) is 0 Å². The van der Waals surface area contributed by atoms with Gasteiger partial charge in [0.05, 0.1) is 0 Å². The van der Waals surface area contributed by atoms with Gasteiger partial charge in [-0.05, 0) is 81.7 Å². The van der Waals surface area contributed by atoms with Crippen LogP contribution in [-0.2, 0) is 4.79 Å². The molecule has 5 nitrogen and oxygen atoms in total. The van der Waals surface area contributed by atoms with Crippen molar-refractivity contribution >= 4 is 29.3 Å². The Bertz CT molecular complexity index is 866. The number of nitrogens with one attached hydrogen (secondary N) is 2. The Labute approximate surface area is 172 Å². The molecule has 1 saturated carbocycles. The monoisotopic (exact) mass is 391 g/mol. The summed E-state index contributed by atoms with van der Waals surface area (Å²) in [6, 6.07) is 15.9. The highest BCUT2D eigenvalue weighted by molar-refractivity contribution is 6.02. The normalized spacial score (nSPS) is 13.5. The second-order valence-electron chi connectivity index (χ2n) is 7.62. The predicted molar refractivity (Wildman–Crippen MR) is 119 cm³/mol. The minimum absolute atomic E-state index is 0.0386. The van der Waals surface area contributed by atoms with Crippen LogP contribution in [0.15, 0.2) is 54.6 Å². The Hall–Kier alpha value is -3.08. The molecule has 2 aromatic carbocycles. The maximum atomic E-state index is 12.2. The predicted octanol–water partition coefficient (Wildman–Crippen LogP) is 4.47. The van der Waals surface area contributed by atoms with Gasteiger partial charge in [0.25, 0.3) is 5.91 Å². The van der Waals surface area contributed by atoms with Gasteiger partial charge in [-0.15, -0.1) is 0 Å². The lowest BCUT2D eigenvalue weighted by Crippen LogP contribution is -2.30. The van der Waals surface area contributed by atoms with Crippen LogP contribution < -0.4 is 15.5 Å². The van der Waals surface area contributed by atoms with E-state index in [1.807, 2.05) is 36.4 Å². The van der Waals surface area contributed by atoms with Crippen molar-refractivity contribution in [1.82, 2.24) is 5.32 Å². The molecule has 0 aliphatic heterocycles. The molecule has 1 aliphatic rings. The zero-order valence-electron chi connectivity index (χ0n) is 17.3. The van der Waals surface area contributed by atoms with Gasteiger partial charge in [-0.25, -0.2) is 0 Å². The van der Waals surface area contributed by atoms with Gasteiger partial charge in [-0.3, -0.25) is 9.59 Å². The highest BCUT2D eigenvalue weighted by atomic mass is 16.2. The van der Waals surface area contributed by atoms with Gasteiger partial charge in [0.1, 0.15) is 0 Å². The molecule has 0 atom stereocenters. The van der Waals surface area contributed by atoms with Gasteiger partial charge in [0.2, 0.25) is 5.91 Å². The van der Waals surface area contributed by atoms with Crippen molar-refractivity contribution < 1.29 is 9.59 Å². The molecule has 0 unspecified atom stereocenters. The number of benzene rings is 2. The first-order valence-corrected chi connectivity index (χ1v) is 10.2. The van der Waals surface area contributed by atoms with Gasteiger partial charge >= 0.3 is 0 Å². The number of hydrogen-bond donors (Lipinski definition) is 2. The van der Waals surface area contributed by atoms with E-state index in [2.05, 4.69) is 36.3 Å². The third-order valence-corrected chi connectivity index (χ3v) is 4.94. The highest BCUT2D eigenvalue weighted by Gasteiger charge is 2.23. The Kier molecular flexibility index (Phi) is 6.70. The summed E-state index contributed by atoms with van der Waals surface area (Å²) in [5.74, 6) is -0.229. The van der Waals surface area contributed by atoms with Crippen LogP contribution in [0.3, 0.4) is 0 Å². The number of amides is 2. The van der Waals surface area contributed by atoms with E-state index in [0.29, 0.717) is 17.6 Å².